The van der Waals surface area contributed by atoms with Gasteiger partial charge in [0.15, 0.2) is 0 Å². The zero-order chi connectivity index (χ0) is 9.68. The van der Waals surface area contributed by atoms with Gasteiger partial charge in [0.05, 0.1) is 18.4 Å². The SMILES string of the molecule is C=C(C(=O)OCCC)c1ccco1. The van der Waals surface area contributed by atoms with Crippen molar-refractivity contribution in [2.75, 3.05) is 6.61 Å². The molecule has 0 amide bonds. The third kappa shape index (κ3) is 2.47. The largest absolute Gasteiger partial charge is 0.464 e. The highest BCUT2D eigenvalue weighted by Crippen LogP contribution is 2.13. The fourth-order valence-corrected chi connectivity index (χ4v) is 0.833. The molecule has 0 saturated carbocycles. The maximum atomic E-state index is 11.2. The van der Waals surface area contributed by atoms with E-state index in [2.05, 4.69) is 6.58 Å². The summed E-state index contributed by atoms with van der Waals surface area (Å²) in [5.74, 6) is 0.0397. The quantitative estimate of drug-likeness (QED) is 0.527. The van der Waals surface area contributed by atoms with Crippen LogP contribution in [0.25, 0.3) is 5.57 Å². The van der Waals surface area contributed by atoms with Crippen LogP contribution < -0.4 is 0 Å². The molecule has 0 unspecified atom stereocenters. The molecule has 0 spiro atoms. The van der Waals surface area contributed by atoms with Gasteiger partial charge in [-0.25, -0.2) is 4.79 Å². The summed E-state index contributed by atoms with van der Waals surface area (Å²) in [7, 11) is 0. The van der Waals surface area contributed by atoms with Crippen LogP contribution in [0.1, 0.15) is 19.1 Å². The lowest BCUT2D eigenvalue weighted by Crippen LogP contribution is -2.06. The van der Waals surface area contributed by atoms with Crippen LogP contribution in [-0.2, 0) is 9.53 Å². The smallest absolute Gasteiger partial charge is 0.341 e. The van der Waals surface area contributed by atoms with Gasteiger partial charge in [-0.3, -0.25) is 0 Å². The minimum absolute atomic E-state index is 0.262. The van der Waals surface area contributed by atoms with E-state index in [0.717, 1.165) is 6.42 Å². The molecule has 0 radical (unpaired) electrons. The van der Waals surface area contributed by atoms with Crippen LogP contribution >= 0.6 is 0 Å². The summed E-state index contributed by atoms with van der Waals surface area (Å²) in [5, 5.41) is 0. The fraction of sp³-hybridized carbons (Fsp3) is 0.300. The lowest BCUT2D eigenvalue weighted by atomic mass is 10.2. The number of ether oxygens (including phenoxy) is 1. The number of furan rings is 1. The van der Waals surface area contributed by atoms with Crippen molar-refractivity contribution < 1.29 is 13.9 Å². The lowest BCUT2D eigenvalue weighted by Gasteiger charge is -2.02. The number of carbonyl (C=O) groups excluding carboxylic acids is 1. The topological polar surface area (TPSA) is 39.4 Å². The average molecular weight is 180 g/mol. The van der Waals surface area contributed by atoms with Crippen molar-refractivity contribution in [3.05, 3.63) is 30.7 Å². The molecule has 0 aliphatic rings. The predicted octanol–water partition coefficient (Wildman–Crippen LogP) is 2.25. The zero-order valence-electron chi connectivity index (χ0n) is 7.58. The Hall–Kier alpha value is -1.51. The summed E-state index contributed by atoms with van der Waals surface area (Å²) < 4.78 is 9.87. The van der Waals surface area contributed by atoms with Crippen LogP contribution in [-0.4, -0.2) is 12.6 Å². The Morgan fingerprint density at radius 3 is 3.00 bits per heavy atom. The number of carbonyl (C=O) groups is 1. The highest BCUT2D eigenvalue weighted by molar-refractivity contribution is 6.14. The van der Waals surface area contributed by atoms with E-state index >= 15 is 0 Å². The van der Waals surface area contributed by atoms with E-state index in [-0.39, 0.29) is 5.57 Å². The first-order chi connectivity index (χ1) is 6.25. The molecule has 0 aromatic carbocycles. The van der Waals surface area contributed by atoms with Gasteiger partial charge in [-0.1, -0.05) is 13.5 Å². The Kier molecular flexibility index (Phi) is 3.31. The molecule has 0 fully saturated rings. The van der Waals surface area contributed by atoms with E-state index in [9.17, 15) is 4.79 Å². The fourth-order valence-electron chi connectivity index (χ4n) is 0.833. The van der Waals surface area contributed by atoms with Crippen molar-refractivity contribution in [3.8, 4) is 0 Å². The number of hydrogen-bond donors (Lipinski definition) is 0. The van der Waals surface area contributed by atoms with Gasteiger partial charge in [0, 0.05) is 0 Å². The Balaban J connectivity index is 2.53. The maximum absolute atomic E-state index is 11.2. The number of esters is 1. The van der Waals surface area contributed by atoms with Gasteiger partial charge in [0.25, 0.3) is 0 Å². The molecule has 3 nitrogen and oxygen atoms in total. The van der Waals surface area contributed by atoms with Crippen molar-refractivity contribution in [3.63, 3.8) is 0 Å². The Morgan fingerprint density at radius 2 is 2.46 bits per heavy atom. The Bertz CT molecular complexity index is 285. The first-order valence-electron chi connectivity index (χ1n) is 4.15. The molecular formula is C10H12O3. The molecular weight excluding hydrogens is 168 g/mol. The first kappa shape index (κ1) is 9.58. The molecule has 0 bridgehead atoms. The van der Waals surface area contributed by atoms with E-state index in [0.29, 0.717) is 12.4 Å². The lowest BCUT2D eigenvalue weighted by molar-refractivity contribution is -0.136. The Labute approximate surface area is 77.0 Å². The average Bonchev–Trinajstić information content (AvgIpc) is 2.65. The van der Waals surface area contributed by atoms with Gasteiger partial charge in [-0.15, -0.1) is 0 Å². The second kappa shape index (κ2) is 4.50. The minimum Gasteiger partial charge on any atom is -0.464 e. The van der Waals surface area contributed by atoms with E-state index in [1.807, 2.05) is 6.92 Å². The van der Waals surface area contributed by atoms with Gasteiger partial charge in [0.2, 0.25) is 0 Å². The van der Waals surface area contributed by atoms with E-state index in [1.54, 1.807) is 12.1 Å². The maximum Gasteiger partial charge on any atom is 0.341 e. The number of rotatable bonds is 4. The normalized spacial score (nSPS) is 9.62. The summed E-state index contributed by atoms with van der Waals surface area (Å²) in [5.41, 5.74) is 0.262. The van der Waals surface area contributed by atoms with Crippen molar-refractivity contribution in [2.45, 2.75) is 13.3 Å². The van der Waals surface area contributed by atoms with Crippen molar-refractivity contribution in [2.24, 2.45) is 0 Å². The van der Waals surface area contributed by atoms with Crippen LogP contribution in [0.15, 0.2) is 29.4 Å². The molecule has 0 saturated heterocycles. The van der Waals surface area contributed by atoms with Gasteiger partial charge in [-0.2, -0.15) is 0 Å². The molecule has 13 heavy (non-hydrogen) atoms. The van der Waals surface area contributed by atoms with Crippen molar-refractivity contribution >= 4 is 11.5 Å². The van der Waals surface area contributed by atoms with Gasteiger partial charge < -0.3 is 9.15 Å². The van der Waals surface area contributed by atoms with Crippen LogP contribution in [0.5, 0.6) is 0 Å². The Morgan fingerprint density at radius 1 is 1.69 bits per heavy atom. The third-order valence-electron chi connectivity index (χ3n) is 1.50. The van der Waals surface area contributed by atoms with Gasteiger partial charge in [0.1, 0.15) is 5.76 Å². The molecule has 0 aliphatic heterocycles. The van der Waals surface area contributed by atoms with Crippen molar-refractivity contribution in [1.82, 2.24) is 0 Å². The molecule has 1 heterocycles. The molecule has 1 aromatic rings. The van der Waals surface area contributed by atoms with Crippen LogP contribution in [0.4, 0.5) is 0 Å². The molecule has 1 rings (SSSR count). The summed E-state index contributed by atoms with van der Waals surface area (Å²) in [4.78, 5) is 11.2. The molecule has 0 atom stereocenters. The van der Waals surface area contributed by atoms with Gasteiger partial charge in [-0.05, 0) is 18.6 Å². The van der Waals surface area contributed by atoms with Crippen LogP contribution in [0.3, 0.4) is 0 Å². The zero-order valence-corrected chi connectivity index (χ0v) is 7.58. The van der Waals surface area contributed by atoms with Crippen molar-refractivity contribution in [1.29, 1.82) is 0 Å². The van der Waals surface area contributed by atoms with E-state index < -0.39 is 5.97 Å². The minimum atomic E-state index is -0.420. The highest BCUT2D eigenvalue weighted by atomic mass is 16.5. The monoisotopic (exact) mass is 180 g/mol. The van der Waals surface area contributed by atoms with Crippen LogP contribution in [0.2, 0.25) is 0 Å². The second-order valence-electron chi connectivity index (χ2n) is 2.59. The third-order valence-corrected chi connectivity index (χ3v) is 1.50. The molecule has 1 aromatic heterocycles. The summed E-state index contributed by atoms with van der Waals surface area (Å²) >= 11 is 0. The summed E-state index contributed by atoms with van der Waals surface area (Å²) in [6.07, 6.45) is 2.30. The molecule has 0 aliphatic carbocycles. The molecule has 0 N–H and O–H groups in total. The molecule has 3 heteroatoms. The summed E-state index contributed by atoms with van der Waals surface area (Å²) in [6.45, 7) is 5.93. The number of hydrogen-bond acceptors (Lipinski definition) is 3. The first-order valence-corrected chi connectivity index (χ1v) is 4.15. The van der Waals surface area contributed by atoms with Gasteiger partial charge >= 0.3 is 5.97 Å². The van der Waals surface area contributed by atoms with E-state index in [4.69, 9.17) is 9.15 Å². The standard InChI is InChI=1S/C10H12O3/c1-3-6-13-10(11)8(2)9-5-4-7-12-9/h4-5,7H,2-3,6H2,1H3. The highest BCUT2D eigenvalue weighted by Gasteiger charge is 2.12. The second-order valence-corrected chi connectivity index (χ2v) is 2.59. The predicted molar refractivity (Wildman–Crippen MR) is 49.0 cm³/mol. The van der Waals surface area contributed by atoms with E-state index in [1.165, 1.54) is 6.26 Å². The van der Waals surface area contributed by atoms with Crippen LogP contribution in [0, 0.1) is 0 Å². The summed E-state index contributed by atoms with van der Waals surface area (Å²) in [6, 6.07) is 3.38. The molecule has 70 valence electrons.